The summed E-state index contributed by atoms with van der Waals surface area (Å²) in [5.41, 5.74) is 2.88. The van der Waals surface area contributed by atoms with E-state index in [-0.39, 0.29) is 17.7 Å². The van der Waals surface area contributed by atoms with Crippen LogP contribution in [0.15, 0.2) is 60.0 Å². The standard InChI is InChI=1S/C22H22N2O3S/c1-14(2)19-12-13-28-20(19)22(26)24-16-6-4-15(5-7-16)21(25)23-17-8-10-18(27-3)11-9-17/h4-14H,1-3H3,(H,23,25)(H,24,26). The SMILES string of the molecule is COc1ccc(NC(=O)c2ccc(NC(=O)c3sccc3C(C)C)cc2)cc1. The first kappa shape index (κ1) is 19.6. The Hall–Kier alpha value is -3.12. The first-order valence-corrected chi connectivity index (χ1v) is 9.80. The minimum Gasteiger partial charge on any atom is -0.497 e. The van der Waals surface area contributed by atoms with Crippen molar-refractivity contribution in [2.24, 2.45) is 0 Å². The third kappa shape index (κ3) is 4.58. The van der Waals surface area contributed by atoms with E-state index < -0.39 is 0 Å². The molecule has 3 aromatic rings. The Morgan fingerprint density at radius 1 is 0.857 bits per heavy atom. The molecule has 1 aromatic heterocycles. The van der Waals surface area contributed by atoms with Crippen molar-refractivity contribution in [2.75, 3.05) is 17.7 Å². The van der Waals surface area contributed by atoms with Crippen LogP contribution < -0.4 is 15.4 Å². The Morgan fingerprint density at radius 3 is 2.00 bits per heavy atom. The Balaban J connectivity index is 1.64. The van der Waals surface area contributed by atoms with Gasteiger partial charge in [0.15, 0.2) is 0 Å². The molecule has 6 heteroatoms. The topological polar surface area (TPSA) is 67.4 Å². The van der Waals surface area contributed by atoms with Crippen molar-refractivity contribution in [3.05, 3.63) is 76.0 Å². The summed E-state index contributed by atoms with van der Waals surface area (Å²) in [6.45, 7) is 4.13. The van der Waals surface area contributed by atoms with Gasteiger partial charge < -0.3 is 15.4 Å². The van der Waals surface area contributed by atoms with Gasteiger partial charge in [0, 0.05) is 16.9 Å². The van der Waals surface area contributed by atoms with Crippen molar-refractivity contribution in [3.8, 4) is 5.75 Å². The van der Waals surface area contributed by atoms with Crippen LogP contribution in [0.3, 0.4) is 0 Å². The van der Waals surface area contributed by atoms with Crippen molar-refractivity contribution in [2.45, 2.75) is 19.8 Å². The van der Waals surface area contributed by atoms with Crippen molar-refractivity contribution in [3.63, 3.8) is 0 Å². The van der Waals surface area contributed by atoms with Gasteiger partial charge in [-0.3, -0.25) is 9.59 Å². The molecule has 1 heterocycles. The number of anilines is 2. The number of benzene rings is 2. The zero-order chi connectivity index (χ0) is 20.1. The molecule has 28 heavy (non-hydrogen) atoms. The predicted molar refractivity (Wildman–Crippen MR) is 114 cm³/mol. The maximum atomic E-state index is 12.5. The van der Waals surface area contributed by atoms with Crippen LogP contribution in [0.4, 0.5) is 11.4 Å². The van der Waals surface area contributed by atoms with E-state index in [0.717, 1.165) is 16.2 Å². The highest BCUT2D eigenvalue weighted by Crippen LogP contribution is 2.25. The second-order valence-electron chi connectivity index (χ2n) is 6.57. The molecule has 2 amide bonds. The number of thiophene rings is 1. The minimum atomic E-state index is -0.219. The smallest absolute Gasteiger partial charge is 0.266 e. The number of hydrogen-bond donors (Lipinski definition) is 2. The Bertz CT molecular complexity index is 960. The fourth-order valence-electron chi connectivity index (χ4n) is 2.73. The molecule has 0 spiro atoms. The van der Waals surface area contributed by atoms with Crippen LogP contribution in [0.25, 0.3) is 0 Å². The minimum absolute atomic E-state index is 0.130. The summed E-state index contributed by atoms with van der Waals surface area (Å²) >= 11 is 1.43. The quantitative estimate of drug-likeness (QED) is 0.589. The predicted octanol–water partition coefficient (Wildman–Crippen LogP) is 5.38. The Morgan fingerprint density at radius 2 is 1.43 bits per heavy atom. The van der Waals surface area contributed by atoms with Gasteiger partial charge in [-0.15, -0.1) is 11.3 Å². The van der Waals surface area contributed by atoms with Gasteiger partial charge in [-0.1, -0.05) is 13.8 Å². The molecule has 0 bridgehead atoms. The Labute approximate surface area is 168 Å². The lowest BCUT2D eigenvalue weighted by molar-refractivity contribution is 0.102. The molecule has 0 saturated carbocycles. The van der Waals surface area contributed by atoms with Crippen molar-refractivity contribution >= 4 is 34.5 Å². The number of methoxy groups -OCH3 is 1. The molecular formula is C22H22N2O3S. The fraction of sp³-hybridized carbons (Fsp3) is 0.182. The number of amides is 2. The van der Waals surface area contributed by atoms with Crippen LogP contribution in [-0.2, 0) is 0 Å². The van der Waals surface area contributed by atoms with Crippen LogP contribution in [0.2, 0.25) is 0 Å². The molecule has 0 aliphatic carbocycles. The van der Waals surface area contributed by atoms with Gasteiger partial charge >= 0.3 is 0 Å². The van der Waals surface area contributed by atoms with Gasteiger partial charge in [-0.25, -0.2) is 0 Å². The number of carbonyl (C=O) groups excluding carboxylic acids is 2. The second kappa shape index (κ2) is 8.71. The van der Waals surface area contributed by atoms with E-state index in [0.29, 0.717) is 16.9 Å². The lowest BCUT2D eigenvalue weighted by Crippen LogP contribution is -2.14. The third-order valence-electron chi connectivity index (χ3n) is 4.28. The normalized spacial score (nSPS) is 10.6. The van der Waals surface area contributed by atoms with E-state index >= 15 is 0 Å². The van der Waals surface area contributed by atoms with E-state index in [1.54, 1.807) is 55.6 Å². The zero-order valence-corrected chi connectivity index (χ0v) is 16.8. The average Bonchev–Trinajstić information content (AvgIpc) is 3.19. The second-order valence-corrected chi connectivity index (χ2v) is 7.49. The number of nitrogens with one attached hydrogen (secondary N) is 2. The van der Waals surface area contributed by atoms with Crippen LogP contribution >= 0.6 is 11.3 Å². The molecule has 144 valence electrons. The third-order valence-corrected chi connectivity index (χ3v) is 5.21. The number of hydrogen-bond acceptors (Lipinski definition) is 4. The van der Waals surface area contributed by atoms with Gasteiger partial charge in [0.2, 0.25) is 0 Å². The van der Waals surface area contributed by atoms with E-state index in [2.05, 4.69) is 24.5 Å². The van der Waals surface area contributed by atoms with Crippen molar-refractivity contribution in [1.82, 2.24) is 0 Å². The molecule has 2 N–H and O–H groups in total. The van der Waals surface area contributed by atoms with Crippen LogP contribution in [0, 0.1) is 0 Å². The summed E-state index contributed by atoms with van der Waals surface area (Å²) < 4.78 is 5.10. The molecule has 0 aliphatic rings. The van der Waals surface area contributed by atoms with Gasteiger partial charge in [-0.05, 0) is 71.5 Å². The van der Waals surface area contributed by atoms with Crippen molar-refractivity contribution in [1.29, 1.82) is 0 Å². The summed E-state index contributed by atoms with van der Waals surface area (Å²) in [5.74, 6) is 0.665. The molecule has 0 radical (unpaired) electrons. The van der Waals surface area contributed by atoms with E-state index in [1.165, 1.54) is 11.3 Å². The lowest BCUT2D eigenvalue weighted by atomic mass is 10.0. The number of ether oxygens (including phenoxy) is 1. The fourth-order valence-corrected chi connectivity index (χ4v) is 3.68. The molecule has 5 nitrogen and oxygen atoms in total. The van der Waals surface area contributed by atoms with Gasteiger partial charge in [-0.2, -0.15) is 0 Å². The van der Waals surface area contributed by atoms with Gasteiger partial charge in [0.05, 0.1) is 12.0 Å². The highest BCUT2D eigenvalue weighted by Gasteiger charge is 2.16. The maximum Gasteiger partial charge on any atom is 0.266 e. The molecule has 0 unspecified atom stereocenters. The molecule has 0 saturated heterocycles. The van der Waals surface area contributed by atoms with Crippen LogP contribution in [0.5, 0.6) is 5.75 Å². The monoisotopic (exact) mass is 394 g/mol. The molecule has 2 aromatic carbocycles. The summed E-state index contributed by atoms with van der Waals surface area (Å²) in [7, 11) is 1.59. The molecule has 0 fully saturated rings. The molecular weight excluding hydrogens is 372 g/mol. The van der Waals surface area contributed by atoms with Gasteiger partial charge in [0.25, 0.3) is 11.8 Å². The summed E-state index contributed by atoms with van der Waals surface area (Å²) in [5, 5.41) is 7.65. The zero-order valence-electron chi connectivity index (χ0n) is 16.0. The van der Waals surface area contributed by atoms with E-state index in [1.807, 2.05) is 11.4 Å². The first-order chi connectivity index (χ1) is 13.5. The van der Waals surface area contributed by atoms with Crippen molar-refractivity contribution < 1.29 is 14.3 Å². The largest absolute Gasteiger partial charge is 0.497 e. The summed E-state index contributed by atoms with van der Waals surface area (Å²) in [6, 6.07) is 15.9. The summed E-state index contributed by atoms with van der Waals surface area (Å²) in [6.07, 6.45) is 0. The molecule has 0 aliphatic heterocycles. The van der Waals surface area contributed by atoms with E-state index in [4.69, 9.17) is 4.74 Å². The van der Waals surface area contributed by atoms with E-state index in [9.17, 15) is 9.59 Å². The number of carbonyl (C=O) groups is 2. The average molecular weight is 394 g/mol. The number of rotatable bonds is 6. The Kier molecular flexibility index (Phi) is 6.11. The maximum absolute atomic E-state index is 12.5. The molecule has 3 rings (SSSR count). The first-order valence-electron chi connectivity index (χ1n) is 8.92. The lowest BCUT2D eigenvalue weighted by Gasteiger charge is -2.09. The van der Waals surface area contributed by atoms with Crippen LogP contribution in [-0.4, -0.2) is 18.9 Å². The molecule has 0 atom stereocenters. The summed E-state index contributed by atoms with van der Waals surface area (Å²) in [4.78, 5) is 25.6. The highest BCUT2D eigenvalue weighted by molar-refractivity contribution is 7.12. The van der Waals surface area contributed by atoms with Gasteiger partial charge in [0.1, 0.15) is 5.75 Å². The van der Waals surface area contributed by atoms with Crippen LogP contribution in [0.1, 0.15) is 45.4 Å². The highest BCUT2D eigenvalue weighted by atomic mass is 32.1.